The Hall–Kier alpha value is -2.24. The molecule has 0 saturated heterocycles. The molecule has 112 valence electrons. The fourth-order valence-electron chi connectivity index (χ4n) is 2.13. The summed E-state index contributed by atoms with van der Waals surface area (Å²) in [5, 5.41) is 1.32. The second-order valence-electron chi connectivity index (χ2n) is 4.47. The number of methoxy groups -OCH3 is 2. The molecule has 0 radical (unpaired) electrons. The highest BCUT2D eigenvalue weighted by atomic mass is 19.4. The Balaban J connectivity index is 2.52. The van der Waals surface area contributed by atoms with Crippen molar-refractivity contribution in [2.75, 3.05) is 14.2 Å². The monoisotopic (exact) mass is 298 g/mol. The van der Waals surface area contributed by atoms with Crippen LogP contribution in [0.5, 0.6) is 5.75 Å². The Morgan fingerprint density at radius 3 is 2.24 bits per heavy atom. The van der Waals surface area contributed by atoms with Gasteiger partial charge in [-0.2, -0.15) is 13.2 Å². The largest absolute Gasteiger partial charge is 0.497 e. The van der Waals surface area contributed by atoms with Gasteiger partial charge in [0.15, 0.2) is 5.92 Å². The van der Waals surface area contributed by atoms with Crippen LogP contribution < -0.4 is 4.74 Å². The Morgan fingerprint density at radius 1 is 1.05 bits per heavy atom. The summed E-state index contributed by atoms with van der Waals surface area (Å²) in [6.45, 7) is 0. The summed E-state index contributed by atoms with van der Waals surface area (Å²) < 4.78 is 48.4. The zero-order valence-electron chi connectivity index (χ0n) is 11.4. The molecule has 0 aliphatic carbocycles. The van der Waals surface area contributed by atoms with E-state index in [9.17, 15) is 18.0 Å². The number of rotatable bonds is 3. The molecule has 2 aromatic carbocycles. The van der Waals surface area contributed by atoms with Gasteiger partial charge in [0.1, 0.15) is 5.75 Å². The molecule has 0 heterocycles. The van der Waals surface area contributed by atoms with Crippen molar-refractivity contribution in [3.05, 3.63) is 42.0 Å². The smallest absolute Gasteiger partial charge is 0.406 e. The predicted octanol–water partition coefficient (Wildman–Crippen LogP) is 3.67. The predicted molar refractivity (Wildman–Crippen MR) is 71.3 cm³/mol. The van der Waals surface area contributed by atoms with Gasteiger partial charge in [0, 0.05) is 0 Å². The zero-order valence-corrected chi connectivity index (χ0v) is 11.4. The number of halogens is 3. The molecule has 0 amide bonds. The first-order chi connectivity index (χ1) is 9.86. The molecule has 6 heteroatoms. The molecule has 21 heavy (non-hydrogen) atoms. The lowest BCUT2D eigenvalue weighted by molar-refractivity contribution is -0.179. The Kier molecular flexibility index (Phi) is 4.06. The number of carbonyl (C=O) groups is 1. The summed E-state index contributed by atoms with van der Waals surface area (Å²) in [6, 6.07) is 9.13. The summed E-state index contributed by atoms with van der Waals surface area (Å²) >= 11 is 0. The van der Waals surface area contributed by atoms with Crippen molar-refractivity contribution in [3.8, 4) is 5.75 Å². The molecule has 0 fully saturated rings. The number of esters is 1. The van der Waals surface area contributed by atoms with Crippen LogP contribution in [0.3, 0.4) is 0 Å². The van der Waals surface area contributed by atoms with Crippen LogP contribution in [-0.2, 0) is 9.53 Å². The van der Waals surface area contributed by atoms with E-state index in [1.54, 1.807) is 18.2 Å². The van der Waals surface area contributed by atoms with Crippen LogP contribution in [0, 0.1) is 0 Å². The van der Waals surface area contributed by atoms with Gasteiger partial charge in [-0.1, -0.05) is 18.2 Å². The lowest BCUT2D eigenvalue weighted by atomic mass is 9.95. The van der Waals surface area contributed by atoms with E-state index in [0.717, 1.165) is 12.5 Å². The zero-order chi connectivity index (χ0) is 15.6. The Morgan fingerprint density at radius 2 is 1.67 bits per heavy atom. The Labute approximate surface area is 119 Å². The summed E-state index contributed by atoms with van der Waals surface area (Å²) in [5.74, 6) is -3.00. The number of benzene rings is 2. The number of hydrogen-bond acceptors (Lipinski definition) is 3. The van der Waals surface area contributed by atoms with Crippen molar-refractivity contribution >= 4 is 16.7 Å². The molecule has 3 nitrogen and oxygen atoms in total. The minimum Gasteiger partial charge on any atom is -0.497 e. The van der Waals surface area contributed by atoms with Gasteiger partial charge in [-0.25, -0.2) is 0 Å². The van der Waals surface area contributed by atoms with E-state index in [1.165, 1.54) is 25.3 Å². The van der Waals surface area contributed by atoms with Gasteiger partial charge in [-0.3, -0.25) is 4.79 Å². The van der Waals surface area contributed by atoms with Crippen molar-refractivity contribution in [1.82, 2.24) is 0 Å². The molecule has 1 unspecified atom stereocenters. The van der Waals surface area contributed by atoms with E-state index in [4.69, 9.17) is 4.74 Å². The van der Waals surface area contributed by atoms with E-state index in [-0.39, 0.29) is 5.56 Å². The normalized spacial score (nSPS) is 13.0. The van der Waals surface area contributed by atoms with Crippen molar-refractivity contribution < 1.29 is 27.4 Å². The molecule has 0 aromatic heterocycles. The SMILES string of the molecule is COC(=O)C(c1ccc2cc(OC)ccc2c1)C(F)(F)F. The molecule has 2 aromatic rings. The van der Waals surface area contributed by atoms with Crippen LogP contribution in [0.4, 0.5) is 13.2 Å². The average molecular weight is 298 g/mol. The van der Waals surface area contributed by atoms with Crippen molar-refractivity contribution in [2.24, 2.45) is 0 Å². The van der Waals surface area contributed by atoms with Gasteiger partial charge in [-0.15, -0.1) is 0 Å². The highest BCUT2D eigenvalue weighted by molar-refractivity contribution is 5.87. The van der Waals surface area contributed by atoms with Gasteiger partial charge < -0.3 is 9.47 Å². The van der Waals surface area contributed by atoms with E-state index in [1.807, 2.05) is 0 Å². The molecule has 0 bridgehead atoms. The standard InChI is InChI=1S/C15H13F3O3/c1-20-12-6-5-9-7-11(4-3-10(9)8-12)13(14(19)21-2)15(16,17)18/h3-8,13H,1-2H3. The fraction of sp³-hybridized carbons (Fsp3) is 0.267. The van der Waals surface area contributed by atoms with Crippen molar-refractivity contribution in [1.29, 1.82) is 0 Å². The molecule has 0 N–H and O–H groups in total. The second-order valence-corrected chi connectivity index (χ2v) is 4.47. The van der Waals surface area contributed by atoms with Gasteiger partial charge in [0.05, 0.1) is 14.2 Å². The van der Waals surface area contributed by atoms with E-state index < -0.39 is 18.1 Å². The van der Waals surface area contributed by atoms with Crippen LogP contribution in [-0.4, -0.2) is 26.4 Å². The van der Waals surface area contributed by atoms with Gasteiger partial charge >= 0.3 is 12.1 Å². The van der Waals surface area contributed by atoms with Crippen LogP contribution in [0.15, 0.2) is 36.4 Å². The maximum atomic E-state index is 13.0. The van der Waals surface area contributed by atoms with Crippen LogP contribution >= 0.6 is 0 Å². The first-order valence-corrected chi connectivity index (χ1v) is 6.09. The molecule has 0 spiro atoms. The van der Waals surface area contributed by atoms with Gasteiger partial charge in [0.25, 0.3) is 0 Å². The maximum absolute atomic E-state index is 13.0. The quantitative estimate of drug-likeness (QED) is 0.811. The topological polar surface area (TPSA) is 35.5 Å². The average Bonchev–Trinajstić information content (AvgIpc) is 2.45. The lowest BCUT2D eigenvalue weighted by Crippen LogP contribution is -2.29. The van der Waals surface area contributed by atoms with Crippen molar-refractivity contribution in [2.45, 2.75) is 12.1 Å². The second kappa shape index (κ2) is 5.63. The highest BCUT2D eigenvalue weighted by Crippen LogP contribution is 2.37. The third-order valence-corrected chi connectivity index (χ3v) is 3.17. The van der Waals surface area contributed by atoms with Crippen molar-refractivity contribution in [3.63, 3.8) is 0 Å². The number of fused-ring (bicyclic) bond motifs is 1. The van der Waals surface area contributed by atoms with Gasteiger partial charge in [-0.05, 0) is 34.5 Å². The van der Waals surface area contributed by atoms with Crippen LogP contribution in [0.2, 0.25) is 0 Å². The molecule has 0 aliphatic heterocycles. The molecule has 1 atom stereocenters. The third kappa shape index (κ3) is 3.09. The first kappa shape index (κ1) is 15.2. The van der Waals surface area contributed by atoms with Crippen LogP contribution in [0.25, 0.3) is 10.8 Å². The molecule has 0 saturated carbocycles. The lowest BCUT2D eigenvalue weighted by Gasteiger charge is -2.18. The number of alkyl halides is 3. The number of ether oxygens (including phenoxy) is 2. The maximum Gasteiger partial charge on any atom is 0.406 e. The number of hydrogen-bond donors (Lipinski definition) is 0. The van der Waals surface area contributed by atoms with E-state index in [2.05, 4.69) is 4.74 Å². The molecule has 2 rings (SSSR count). The van der Waals surface area contributed by atoms with E-state index in [0.29, 0.717) is 11.1 Å². The highest BCUT2D eigenvalue weighted by Gasteiger charge is 2.46. The van der Waals surface area contributed by atoms with Crippen LogP contribution in [0.1, 0.15) is 11.5 Å². The molecule has 0 aliphatic rings. The van der Waals surface area contributed by atoms with Gasteiger partial charge in [0.2, 0.25) is 0 Å². The third-order valence-electron chi connectivity index (χ3n) is 3.17. The first-order valence-electron chi connectivity index (χ1n) is 6.09. The number of carbonyl (C=O) groups excluding carboxylic acids is 1. The minimum absolute atomic E-state index is 0.146. The van der Waals surface area contributed by atoms with E-state index >= 15 is 0 Å². The minimum atomic E-state index is -4.70. The summed E-state index contributed by atoms with van der Waals surface area (Å²) in [7, 11) is 2.44. The fourth-order valence-corrected chi connectivity index (χ4v) is 2.13. The molecular weight excluding hydrogens is 285 g/mol. The molecular formula is C15H13F3O3. The summed E-state index contributed by atoms with van der Waals surface area (Å²) in [6.07, 6.45) is -4.70. The summed E-state index contributed by atoms with van der Waals surface area (Å²) in [4.78, 5) is 11.4. The summed E-state index contributed by atoms with van der Waals surface area (Å²) in [5.41, 5.74) is -0.146. The Bertz CT molecular complexity index is 665.